The van der Waals surface area contributed by atoms with Crippen LogP contribution >= 0.6 is 0 Å². The summed E-state index contributed by atoms with van der Waals surface area (Å²) in [6.45, 7) is 1.85. The summed E-state index contributed by atoms with van der Waals surface area (Å²) in [4.78, 5) is 4.14. The van der Waals surface area contributed by atoms with Crippen LogP contribution in [0.1, 0.15) is 5.56 Å². The molecule has 0 aliphatic heterocycles. The zero-order valence-electron chi connectivity index (χ0n) is 15.9. The summed E-state index contributed by atoms with van der Waals surface area (Å²) in [5.74, 6) is 2.11. The van der Waals surface area contributed by atoms with Crippen LogP contribution in [0.25, 0.3) is 0 Å². The molecule has 26 heavy (non-hydrogen) atoms. The van der Waals surface area contributed by atoms with E-state index in [4.69, 9.17) is 14.2 Å². The minimum Gasteiger partial charge on any atom is -0.493 e. The van der Waals surface area contributed by atoms with Gasteiger partial charge in [-0.25, -0.2) is 8.42 Å². The highest BCUT2D eigenvalue weighted by atomic mass is 32.2. The first-order valence-electron chi connectivity index (χ1n) is 8.30. The van der Waals surface area contributed by atoms with E-state index < -0.39 is 9.84 Å². The topological polar surface area (TPSA) is 98.3 Å². The van der Waals surface area contributed by atoms with Crippen LogP contribution in [0, 0.1) is 0 Å². The lowest BCUT2D eigenvalue weighted by atomic mass is 10.1. The quantitative estimate of drug-likeness (QED) is 0.324. The number of aliphatic imine (C=N–C) groups is 1. The number of guanidine groups is 1. The second-order valence-electron chi connectivity index (χ2n) is 5.61. The number of methoxy groups -OCH3 is 2. The Hall–Kier alpha value is -2.00. The van der Waals surface area contributed by atoms with Gasteiger partial charge in [0.2, 0.25) is 0 Å². The van der Waals surface area contributed by atoms with E-state index in [0.29, 0.717) is 37.2 Å². The molecule has 0 saturated carbocycles. The van der Waals surface area contributed by atoms with Crippen molar-refractivity contribution in [2.24, 2.45) is 4.99 Å². The maximum atomic E-state index is 11.0. The molecule has 1 aromatic rings. The molecule has 0 spiro atoms. The molecule has 0 aliphatic rings. The van der Waals surface area contributed by atoms with Gasteiger partial charge in [-0.15, -0.1) is 0 Å². The second kappa shape index (κ2) is 11.6. The Morgan fingerprint density at radius 1 is 1.08 bits per heavy atom. The molecule has 0 amide bonds. The Morgan fingerprint density at radius 2 is 1.77 bits per heavy atom. The molecule has 0 unspecified atom stereocenters. The molecule has 2 N–H and O–H groups in total. The number of benzene rings is 1. The van der Waals surface area contributed by atoms with Crippen LogP contribution in [0.2, 0.25) is 0 Å². The van der Waals surface area contributed by atoms with E-state index in [1.165, 1.54) is 6.26 Å². The van der Waals surface area contributed by atoms with Gasteiger partial charge < -0.3 is 24.8 Å². The molecule has 0 fully saturated rings. The molecule has 0 saturated heterocycles. The predicted molar refractivity (Wildman–Crippen MR) is 103 cm³/mol. The van der Waals surface area contributed by atoms with Crippen LogP contribution in [0.5, 0.6) is 11.5 Å². The molecule has 0 aromatic heterocycles. The Bertz CT molecular complexity index is 677. The normalized spacial score (nSPS) is 11.9. The zero-order chi connectivity index (χ0) is 19.4. The van der Waals surface area contributed by atoms with E-state index in [0.717, 1.165) is 12.0 Å². The van der Waals surface area contributed by atoms with Crippen molar-refractivity contribution in [1.29, 1.82) is 0 Å². The summed E-state index contributed by atoms with van der Waals surface area (Å²) in [5.41, 5.74) is 1.12. The molecule has 0 heterocycles. The molecule has 8 nitrogen and oxygen atoms in total. The number of rotatable bonds is 11. The molecular weight excluding hydrogens is 358 g/mol. The van der Waals surface area contributed by atoms with Gasteiger partial charge in [-0.05, 0) is 24.1 Å². The monoisotopic (exact) mass is 387 g/mol. The summed E-state index contributed by atoms with van der Waals surface area (Å²) in [5, 5.41) is 6.33. The molecule has 0 aliphatic carbocycles. The summed E-state index contributed by atoms with van der Waals surface area (Å²) in [6.07, 6.45) is 1.99. The Kier molecular flexibility index (Phi) is 9.82. The minimum atomic E-state index is -2.98. The number of nitrogens with one attached hydrogen (secondary N) is 2. The van der Waals surface area contributed by atoms with Crippen LogP contribution in [-0.4, -0.2) is 74.0 Å². The summed E-state index contributed by atoms with van der Waals surface area (Å²) in [6, 6.07) is 5.83. The third kappa shape index (κ3) is 8.91. The van der Waals surface area contributed by atoms with Crippen molar-refractivity contribution in [2.75, 3.05) is 59.6 Å². The fourth-order valence-electron chi connectivity index (χ4n) is 2.14. The van der Waals surface area contributed by atoms with E-state index in [1.807, 2.05) is 18.2 Å². The average molecular weight is 388 g/mol. The highest BCUT2D eigenvalue weighted by molar-refractivity contribution is 7.90. The minimum absolute atomic E-state index is 0.0330. The van der Waals surface area contributed by atoms with Gasteiger partial charge in [0.1, 0.15) is 9.84 Å². The highest BCUT2D eigenvalue weighted by Crippen LogP contribution is 2.27. The van der Waals surface area contributed by atoms with Crippen molar-refractivity contribution < 1.29 is 22.6 Å². The average Bonchev–Trinajstić information content (AvgIpc) is 2.61. The molecule has 0 atom stereocenters. The van der Waals surface area contributed by atoms with Gasteiger partial charge in [0, 0.05) is 26.4 Å². The standard InChI is InChI=1S/C17H29N3O5S/c1-18-17(20-9-10-25-11-12-26(4,21)22)19-8-7-14-5-6-15(23-2)16(13-14)24-3/h5-6,13H,7-12H2,1-4H3,(H2,18,19,20). The van der Waals surface area contributed by atoms with Gasteiger partial charge >= 0.3 is 0 Å². The number of nitrogens with zero attached hydrogens (tertiary/aromatic N) is 1. The van der Waals surface area contributed by atoms with Gasteiger partial charge in [-0.2, -0.15) is 0 Å². The van der Waals surface area contributed by atoms with E-state index in [9.17, 15) is 8.42 Å². The predicted octanol–water partition coefficient (Wildman–Crippen LogP) is 0.473. The van der Waals surface area contributed by atoms with Crippen molar-refractivity contribution in [3.05, 3.63) is 23.8 Å². The Morgan fingerprint density at radius 3 is 2.38 bits per heavy atom. The first kappa shape index (κ1) is 22.0. The van der Waals surface area contributed by atoms with E-state index in [1.54, 1.807) is 21.3 Å². The lowest BCUT2D eigenvalue weighted by molar-refractivity contribution is 0.154. The smallest absolute Gasteiger partial charge is 0.191 e. The van der Waals surface area contributed by atoms with E-state index in [-0.39, 0.29) is 12.4 Å². The summed E-state index contributed by atoms with van der Waals surface area (Å²) in [7, 11) is 1.94. The molecular formula is C17H29N3O5S. The number of ether oxygens (including phenoxy) is 3. The van der Waals surface area contributed by atoms with Gasteiger partial charge in [-0.1, -0.05) is 6.07 Å². The van der Waals surface area contributed by atoms with E-state index in [2.05, 4.69) is 15.6 Å². The van der Waals surface area contributed by atoms with Crippen molar-refractivity contribution in [2.45, 2.75) is 6.42 Å². The van der Waals surface area contributed by atoms with Gasteiger partial charge in [0.15, 0.2) is 17.5 Å². The first-order valence-corrected chi connectivity index (χ1v) is 10.4. The lowest BCUT2D eigenvalue weighted by Gasteiger charge is -2.13. The van der Waals surface area contributed by atoms with Gasteiger partial charge in [0.25, 0.3) is 0 Å². The third-order valence-corrected chi connectivity index (χ3v) is 4.42. The number of hydrogen-bond acceptors (Lipinski definition) is 6. The Labute approximate surface area is 155 Å². The van der Waals surface area contributed by atoms with Crippen LogP contribution in [-0.2, 0) is 21.0 Å². The van der Waals surface area contributed by atoms with Gasteiger partial charge in [0.05, 0.1) is 33.2 Å². The molecule has 148 valence electrons. The van der Waals surface area contributed by atoms with E-state index >= 15 is 0 Å². The van der Waals surface area contributed by atoms with Crippen LogP contribution < -0.4 is 20.1 Å². The first-order chi connectivity index (χ1) is 12.4. The third-order valence-electron chi connectivity index (χ3n) is 3.51. The zero-order valence-corrected chi connectivity index (χ0v) is 16.7. The number of hydrogen-bond donors (Lipinski definition) is 2. The maximum absolute atomic E-state index is 11.0. The second-order valence-corrected chi connectivity index (χ2v) is 7.87. The van der Waals surface area contributed by atoms with Crippen molar-refractivity contribution in [3.8, 4) is 11.5 Å². The van der Waals surface area contributed by atoms with Crippen LogP contribution in [0.4, 0.5) is 0 Å². The largest absolute Gasteiger partial charge is 0.493 e. The molecule has 1 aromatic carbocycles. The van der Waals surface area contributed by atoms with Crippen molar-refractivity contribution >= 4 is 15.8 Å². The fraction of sp³-hybridized carbons (Fsp3) is 0.588. The van der Waals surface area contributed by atoms with Crippen molar-refractivity contribution in [3.63, 3.8) is 0 Å². The molecule has 9 heteroatoms. The van der Waals surface area contributed by atoms with Crippen molar-refractivity contribution in [1.82, 2.24) is 10.6 Å². The SMILES string of the molecule is CN=C(NCCOCCS(C)(=O)=O)NCCc1ccc(OC)c(OC)c1. The molecule has 0 bridgehead atoms. The van der Waals surface area contributed by atoms with Crippen LogP contribution in [0.15, 0.2) is 23.2 Å². The fourth-order valence-corrected chi connectivity index (χ4v) is 2.56. The Balaban J connectivity index is 2.28. The lowest BCUT2D eigenvalue weighted by Crippen LogP contribution is -2.39. The van der Waals surface area contributed by atoms with Crippen LogP contribution in [0.3, 0.4) is 0 Å². The molecule has 1 rings (SSSR count). The maximum Gasteiger partial charge on any atom is 0.191 e. The number of sulfone groups is 1. The molecule has 0 radical (unpaired) electrons. The van der Waals surface area contributed by atoms with Gasteiger partial charge in [-0.3, -0.25) is 4.99 Å². The summed E-state index contributed by atoms with van der Waals surface area (Å²) >= 11 is 0. The highest BCUT2D eigenvalue weighted by Gasteiger charge is 2.05. The summed E-state index contributed by atoms with van der Waals surface area (Å²) < 4.78 is 37.8.